The van der Waals surface area contributed by atoms with Gasteiger partial charge in [0.05, 0.1) is 54.7 Å². The predicted molar refractivity (Wildman–Crippen MR) is 175 cm³/mol. The van der Waals surface area contributed by atoms with Crippen LogP contribution in [0.4, 0.5) is 0 Å². The minimum atomic E-state index is -0.398. The summed E-state index contributed by atoms with van der Waals surface area (Å²) < 4.78 is 17.8. The molecule has 0 aromatic carbocycles. The first kappa shape index (κ1) is 37.7. The van der Waals surface area contributed by atoms with Crippen LogP contribution in [0.1, 0.15) is 174 Å². The van der Waals surface area contributed by atoms with Crippen LogP contribution in [0.25, 0.3) is 0 Å². The van der Waals surface area contributed by atoms with Crippen molar-refractivity contribution in [2.24, 2.45) is 5.92 Å². The molecule has 0 aromatic heterocycles. The largest absolute Gasteiger partial charge is 0.462 e. The molecule has 0 spiro atoms. The van der Waals surface area contributed by atoms with Crippen LogP contribution in [-0.2, 0) is 19.0 Å². The van der Waals surface area contributed by atoms with Gasteiger partial charge in [0.25, 0.3) is 0 Å². The Morgan fingerprint density at radius 3 is 1.50 bits per heavy atom. The number of hydrogen-bond acceptors (Lipinski definition) is 7. The number of rotatable bonds is 25. The second-order valence-corrected chi connectivity index (χ2v) is 14.5. The van der Waals surface area contributed by atoms with Crippen molar-refractivity contribution in [2.75, 3.05) is 0 Å². The average Bonchev–Trinajstić information content (AvgIpc) is 3.75. The molecule has 3 heterocycles. The Morgan fingerprint density at radius 2 is 1.07 bits per heavy atom. The zero-order valence-electron chi connectivity index (χ0n) is 28.3. The monoisotopic (exact) mass is 624 g/mol. The van der Waals surface area contributed by atoms with Gasteiger partial charge in [-0.1, -0.05) is 110 Å². The Morgan fingerprint density at radius 1 is 0.636 bits per heavy atom. The Kier molecular flexibility index (Phi) is 18.8. The smallest absolute Gasteiger partial charge is 0.309 e. The molecule has 7 heteroatoms. The Bertz CT molecular complexity index is 747. The van der Waals surface area contributed by atoms with Gasteiger partial charge >= 0.3 is 5.97 Å². The Balaban J connectivity index is 1.12. The molecule has 9 atom stereocenters. The second-order valence-electron chi connectivity index (χ2n) is 14.5. The minimum Gasteiger partial charge on any atom is -0.462 e. The van der Waals surface area contributed by atoms with Gasteiger partial charge in [-0.15, -0.1) is 0 Å². The van der Waals surface area contributed by atoms with E-state index in [1.165, 1.54) is 70.6 Å². The first-order chi connectivity index (χ1) is 21.4. The summed E-state index contributed by atoms with van der Waals surface area (Å²) in [6.07, 6.45) is 25.6. The van der Waals surface area contributed by atoms with E-state index in [1.807, 2.05) is 6.92 Å². The molecule has 0 amide bonds. The van der Waals surface area contributed by atoms with Crippen molar-refractivity contribution >= 4 is 5.97 Å². The van der Waals surface area contributed by atoms with Crippen LogP contribution in [-0.4, -0.2) is 70.1 Å². The number of unbranched alkanes of at least 4 members (excludes halogenated alkanes) is 14. The van der Waals surface area contributed by atoms with Crippen molar-refractivity contribution in [1.82, 2.24) is 0 Å². The maximum Gasteiger partial charge on any atom is 0.309 e. The molecular formula is C37H68O7. The molecule has 3 aliphatic rings. The van der Waals surface area contributed by atoms with Crippen LogP contribution in [0, 0.1) is 5.92 Å². The highest BCUT2D eigenvalue weighted by atomic mass is 16.6. The van der Waals surface area contributed by atoms with E-state index in [4.69, 9.17) is 14.2 Å². The van der Waals surface area contributed by atoms with Crippen molar-refractivity contribution in [2.45, 2.75) is 223 Å². The fraction of sp³-hybridized carbons (Fsp3) is 0.973. The summed E-state index contributed by atoms with van der Waals surface area (Å²) in [6, 6.07) is 0. The Labute approximate surface area is 269 Å². The normalized spacial score (nSPS) is 29.2. The van der Waals surface area contributed by atoms with Gasteiger partial charge in [-0.25, -0.2) is 0 Å². The lowest BCUT2D eigenvalue weighted by atomic mass is 9.95. The van der Waals surface area contributed by atoms with Gasteiger partial charge in [0.2, 0.25) is 0 Å². The van der Waals surface area contributed by atoms with Crippen LogP contribution >= 0.6 is 0 Å². The maximum absolute atomic E-state index is 11.7. The van der Waals surface area contributed by atoms with Crippen molar-refractivity contribution in [3.8, 4) is 0 Å². The molecule has 0 radical (unpaired) electrons. The zero-order chi connectivity index (χ0) is 31.6. The van der Waals surface area contributed by atoms with Gasteiger partial charge in [0.1, 0.15) is 0 Å². The van der Waals surface area contributed by atoms with E-state index in [0.29, 0.717) is 6.42 Å². The van der Waals surface area contributed by atoms with E-state index in [-0.39, 0.29) is 48.5 Å². The molecule has 258 valence electrons. The molecule has 3 fully saturated rings. The third-order valence-electron chi connectivity index (χ3n) is 10.4. The quantitative estimate of drug-likeness (QED) is 0.0699. The number of esters is 1. The molecule has 0 bridgehead atoms. The fourth-order valence-corrected chi connectivity index (χ4v) is 7.62. The molecule has 3 rings (SSSR count). The average molecular weight is 625 g/mol. The van der Waals surface area contributed by atoms with E-state index in [9.17, 15) is 20.1 Å². The van der Waals surface area contributed by atoms with E-state index in [0.717, 1.165) is 83.5 Å². The lowest BCUT2D eigenvalue weighted by Crippen LogP contribution is -2.33. The van der Waals surface area contributed by atoms with E-state index in [1.54, 1.807) is 0 Å². The minimum absolute atomic E-state index is 0.00751. The van der Waals surface area contributed by atoms with E-state index >= 15 is 0 Å². The van der Waals surface area contributed by atoms with Crippen molar-refractivity contribution in [3.05, 3.63) is 0 Å². The molecule has 3 saturated heterocycles. The second kappa shape index (κ2) is 22.0. The molecule has 3 aliphatic heterocycles. The van der Waals surface area contributed by atoms with Gasteiger partial charge in [-0.3, -0.25) is 4.79 Å². The summed E-state index contributed by atoms with van der Waals surface area (Å²) >= 11 is 0. The summed E-state index contributed by atoms with van der Waals surface area (Å²) in [5.41, 5.74) is 0. The Hall–Kier alpha value is -0.730. The van der Waals surface area contributed by atoms with Gasteiger partial charge in [0.15, 0.2) is 0 Å². The SMILES string of the molecule is CCCCCCCCCC[C@H](O)[C@H]1CC[C@@H]([C@@H]2CC[C@H]([C@H](O)CCCCCCCCCC[C@@H](O)CC3C[C@H](C)OC3=O)O2)O1. The number of aliphatic hydroxyl groups is 3. The van der Waals surface area contributed by atoms with Crippen LogP contribution in [0.3, 0.4) is 0 Å². The molecule has 3 N–H and O–H groups in total. The number of aliphatic hydroxyl groups excluding tert-OH is 3. The third-order valence-corrected chi connectivity index (χ3v) is 10.4. The van der Waals surface area contributed by atoms with Gasteiger partial charge < -0.3 is 29.5 Å². The standard InChI is InChI=1S/C37H68O7/c1-3-4-5-6-7-11-14-17-20-31(39)33-22-24-35(43-33)36-25-23-34(44-36)32(40)21-18-15-12-9-8-10-13-16-19-30(38)27-29-26-28(2)42-37(29)41/h28-36,38-40H,3-27H2,1-2H3/t28-,29?,30+,31-,32+,33+,34+,35-,36-/m0/s1. The lowest BCUT2D eigenvalue weighted by molar-refractivity contribution is -0.144. The summed E-state index contributed by atoms with van der Waals surface area (Å²) in [5.74, 6) is -0.264. The first-order valence-corrected chi connectivity index (χ1v) is 18.9. The van der Waals surface area contributed by atoms with Crippen LogP contribution in [0.5, 0.6) is 0 Å². The molecule has 0 aliphatic carbocycles. The first-order valence-electron chi connectivity index (χ1n) is 18.9. The molecule has 1 unspecified atom stereocenters. The number of carbonyl (C=O) groups is 1. The highest BCUT2D eigenvalue weighted by molar-refractivity contribution is 5.74. The van der Waals surface area contributed by atoms with E-state index < -0.39 is 12.2 Å². The molecular weight excluding hydrogens is 556 g/mol. The maximum atomic E-state index is 11.7. The van der Waals surface area contributed by atoms with Gasteiger partial charge in [0, 0.05) is 0 Å². The predicted octanol–water partition coefficient (Wildman–Crippen LogP) is 7.94. The van der Waals surface area contributed by atoms with Gasteiger partial charge in [-0.05, 0) is 64.7 Å². The fourth-order valence-electron chi connectivity index (χ4n) is 7.62. The number of ether oxygens (including phenoxy) is 3. The van der Waals surface area contributed by atoms with E-state index in [2.05, 4.69) is 6.92 Å². The summed E-state index contributed by atoms with van der Waals surface area (Å²) in [6.45, 7) is 4.17. The molecule has 44 heavy (non-hydrogen) atoms. The van der Waals surface area contributed by atoms with Crippen LogP contribution in [0.15, 0.2) is 0 Å². The van der Waals surface area contributed by atoms with Crippen molar-refractivity contribution < 1.29 is 34.3 Å². The molecule has 7 nitrogen and oxygen atoms in total. The van der Waals surface area contributed by atoms with Crippen molar-refractivity contribution in [1.29, 1.82) is 0 Å². The van der Waals surface area contributed by atoms with Crippen molar-refractivity contribution in [3.63, 3.8) is 0 Å². The summed E-state index contributed by atoms with van der Waals surface area (Å²) in [4.78, 5) is 11.7. The number of cyclic esters (lactones) is 1. The van der Waals surface area contributed by atoms with Gasteiger partial charge in [-0.2, -0.15) is 0 Å². The highest BCUT2D eigenvalue weighted by Crippen LogP contribution is 2.35. The number of hydrogen-bond donors (Lipinski definition) is 3. The third kappa shape index (κ3) is 14.4. The summed E-state index contributed by atoms with van der Waals surface area (Å²) in [7, 11) is 0. The molecule has 0 saturated carbocycles. The number of carbonyl (C=O) groups excluding carboxylic acids is 1. The lowest BCUT2D eigenvalue weighted by Gasteiger charge is -2.24. The zero-order valence-corrected chi connectivity index (χ0v) is 28.3. The highest BCUT2D eigenvalue weighted by Gasteiger charge is 2.40. The van der Waals surface area contributed by atoms with Crippen LogP contribution in [0.2, 0.25) is 0 Å². The van der Waals surface area contributed by atoms with Crippen LogP contribution < -0.4 is 0 Å². The topological polar surface area (TPSA) is 105 Å². The summed E-state index contributed by atoms with van der Waals surface area (Å²) in [5, 5.41) is 31.7. The molecule has 0 aromatic rings.